The smallest absolute Gasteiger partial charge is 0.236 e. The summed E-state index contributed by atoms with van der Waals surface area (Å²) in [7, 11) is 1.80. The van der Waals surface area contributed by atoms with Gasteiger partial charge in [0.25, 0.3) is 0 Å². The van der Waals surface area contributed by atoms with E-state index < -0.39 is 0 Å². The second-order valence-electron chi connectivity index (χ2n) is 9.66. The van der Waals surface area contributed by atoms with Gasteiger partial charge in [0, 0.05) is 41.8 Å². The topological polar surface area (TPSA) is 106 Å². The van der Waals surface area contributed by atoms with Gasteiger partial charge in [-0.2, -0.15) is 10.2 Å². The van der Waals surface area contributed by atoms with Gasteiger partial charge in [0.1, 0.15) is 11.8 Å². The van der Waals surface area contributed by atoms with Crippen LogP contribution < -0.4 is 11.1 Å². The van der Waals surface area contributed by atoms with Crippen LogP contribution >= 0.6 is 0 Å². The number of nitrogens with one attached hydrogen (secondary N) is 1. The summed E-state index contributed by atoms with van der Waals surface area (Å²) in [6, 6.07) is 18.8. The Balaban J connectivity index is 1.33. The van der Waals surface area contributed by atoms with E-state index in [-0.39, 0.29) is 11.8 Å². The zero-order chi connectivity index (χ0) is 25.4. The highest BCUT2D eigenvalue weighted by molar-refractivity contribution is 5.92. The Morgan fingerprint density at radius 2 is 1.92 bits per heavy atom. The maximum Gasteiger partial charge on any atom is 0.236 e. The van der Waals surface area contributed by atoms with E-state index in [2.05, 4.69) is 58.0 Å². The number of likely N-dealkylation sites (N-methyl/N-ethyl adjacent to an activating group) is 1. The molecule has 1 amide bonds. The number of hydrogen-bond donors (Lipinski definition) is 2. The van der Waals surface area contributed by atoms with Crippen LogP contribution in [0.5, 0.6) is 0 Å². The zero-order valence-corrected chi connectivity index (χ0v) is 20.8. The Hall–Kier alpha value is -4.24. The minimum absolute atomic E-state index is 0.147. The molecule has 3 aromatic heterocycles. The second-order valence-corrected chi connectivity index (χ2v) is 9.66. The van der Waals surface area contributed by atoms with E-state index in [1.54, 1.807) is 7.05 Å². The number of fused-ring (bicyclic) bond motifs is 2. The molecule has 0 atom stereocenters. The number of carbonyl (C=O) groups is 1. The average molecular weight is 495 g/mol. The molecule has 5 aromatic rings. The lowest BCUT2D eigenvalue weighted by Crippen LogP contribution is -2.42. The van der Waals surface area contributed by atoms with Crippen molar-refractivity contribution < 1.29 is 4.79 Å². The molecule has 1 aliphatic heterocycles. The van der Waals surface area contributed by atoms with Crippen molar-refractivity contribution in [3.8, 4) is 11.1 Å². The molecule has 1 aliphatic rings. The van der Waals surface area contributed by atoms with Gasteiger partial charge >= 0.3 is 0 Å². The number of amides is 1. The van der Waals surface area contributed by atoms with Crippen LogP contribution in [0.4, 0.5) is 5.82 Å². The Morgan fingerprint density at radius 1 is 1.11 bits per heavy atom. The average Bonchev–Trinajstić information content (AvgIpc) is 3.51. The quantitative estimate of drug-likeness (QED) is 0.375. The number of hydrogen-bond acceptors (Lipinski definition) is 6. The molecule has 188 valence electrons. The molecule has 4 heterocycles. The summed E-state index contributed by atoms with van der Waals surface area (Å²) in [4.78, 5) is 18.5. The third-order valence-electron chi connectivity index (χ3n) is 7.26. The van der Waals surface area contributed by atoms with Crippen molar-refractivity contribution >= 4 is 28.1 Å². The first-order chi connectivity index (χ1) is 18.1. The van der Waals surface area contributed by atoms with Crippen molar-refractivity contribution in [2.24, 2.45) is 0 Å². The summed E-state index contributed by atoms with van der Waals surface area (Å²) in [6.45, 7) is 2.56. The molecule has 37 heavy (non-hydrogen) atoms. The number of nitrogens with zero attached hydrogens (tertiary/aromatic N) is 6. The number of anilines is 1. The zero-order valence-electron chi connectivity index (χ0n) is 20.8. The summed E-state index contributed by atoms with van der Waals surface area (Å²) in [6.07, 6.45) is 5.35. The van der Waals surface area contributed by atoms with Crippen molar-refractivity contribution in [1.29, 1.82) is 0 Å². The fraction of sp³-hybridized carbons (Fsp3) is 0.286. The maximum absolute atomic E-state index is 12.3. The largest absolute Gasteiger partial charge is 0.382 e. The summed E-state index contributed by atoms with van der Waals surface area (Å²) in [5.41, 5.74) is 12.5. The van der Waals surface area contributed by atoms with Gasteiger partial charge in [0.2, 0.25) is 5.91 Å². The van der Waals surface area contributed by atoms with Gasteiger partial charge < -0.3 is 16.0 Å². The lowest BCUT2D eigenvalue weighted by atomic mass is 9.93. The van der Waals surface area contributed by atoms with E-state index in [9.17, 15) is 4.79 Å². The lowest BCUT2D eigenvalue weighted by Gasteiger charge is -2.31. The molecule has 2 aromatic carbocycles. The number of aromatic nitrogens is 5. The van der Waals surface area contributed by atoms with Crippen LogP contribution in [0.25, 0.3) is 27.5 Å². The molecule has 1 saturated heterocycles. The number of nitrogen functional groups attached to an aromatic ring is 1. The molecule has 3 N–H and O–H groups in total. The van der Waals surface area contributed by atoms with Crippen LogP contribution in [0.3, 0.4) is 0 Å². The maximum atomic E-state index is 12.3. The molecule has 9 heteroatoms. The normalized spacial score (nSPS) is 14.6. The number of likely N-dealkylation sites (tertiary alicyclic amines) is 1. The highest BCUT2D eigenvalue weighted by Crippen LogP contribution is 2.37. The van der Waals surface area contributed by atoms with Crippen molar-refractivity contribution in [3.63, 3.8) is 0 Å². The van der Waals surface area contributed by atoms with Gasteiger partial charge in [-0.05, 0) is 43.1 Å². The first-order valence-corrected chi connectivity index (χ1v) is 12.7. The van der Waals surface area contributed by atoms with Crippen LogP contribution in [-0.2, 0) is 11.3 Å². The summed E-state index contributed by atoms with van der Waals surface area (Å²) in [5, 5.41) is 13.5. The summed E-state index contributed by atoms with van der Waals surface area (Å²) < 4.78 is 3.92. The minimum atomic E-state index is 0.147. The van der Waals surface area contributed by atoms with Gasteiger partial charge in [0.15, 0.2) is 5.82 Å². The van der Waals surface area contributed by atoms with E-state index in [1.165, 1.54) is 11.9 Å². The van der Waals surface area contributed by atoms with E-state index in [1.807, 2.05) is 32.3 Å². The fourth-order valence-electron chi connectivity index (χ4n) is 5.38. The highest BCUT2D eigenvalue weighted by atomic mass is 16.2. The van der Waals surface area contributed by atoms with Crippen molar-refractivity contribution in [2.45, 2.75) is 25.3 Å². The Morgan fingerprint density at radius 3 is 2.70 bits per heavy atom. The van der Waals surface area contributed by atoms with Crippen LogP contribution in [0.15, 0.2) is 67.1 Å². The SMILES string of the molecule is CNCC(=O)N1CCC(c2cc(-c3ccc4cn(Cc5ccccc5)nc4c3)c3c(N)ncnn23)CC1. The van der Waals surface area contributed by atoms with Crippen LogP contribution in [0.1, 0.15) is 30.0 Å². The van der Waals surface area contributed by atoms with Crippen molar-refractivity contribution in [2.75, 3.05) is 32.4 Å². The Labute approximate surface area is 214 Å². The van der Waals surface area contributed by atoms with Crippen LogP contribution in [0, 0.1) is 0 Å². The van der Waals surface area contributed by atoms with Crippen LogP contribution in [0.2, 0.25) is 0 Å². The molecule has 0 saturated carbocycles. The van der Waals surface area contributed by atoms with Gasteiger partial charge in [-0.15, -0.1) is 0 Å². The van der Waals surface area contributed by atoms with Gasteiger partial charge in [-0.3, -0.25) is 9.48 Å². The minimum Gasteiger partial charge on any atom is -0.382 e. The van der Waals surface area contributed by atoms with Gasteiger partial charge in [0.05, 0.1) is 18.6 Å². The van der Waals surface area contributed by atoms with E-state index in [0.717, 1.165) is 65.7 Å². The molecular formula is C28H30N8O. The molecule has 0 bridgehead atoms. The fourth-order valence-corrected chi connectivity index (χ4v) is 5.38. The molecule has 6 rings (SSSR count). The Kier molecular flexibility index (Phi) is 6.05. The number of carbonyl (C=O) groups excluding carboxylic acids is 1. The van der Waals surface area contributed by atoms with Gasteiger partial charge in [-0.1, -0.05) is 42.5 Å². The third kappa shape index (κ3) is 4.42. The molecule has 1 fully saturated rings. The van der Waals surface area contributed by atoms with Crippen molar-refractivity contribution in [1.82, 2.24) is 34.6 Å². The summed E-state index contributed by atoms with van der Waals surface area (Å²) in [5.74, 6) is 0.879. The third-order valence-corrected chi connectivity index (χ3v) is 7.26. The van der Waals surface area contributed by atoms with Gasteiger partial charge in [-0.25, -0.2) is 9.50 Å². The molecule has 0 unspecified atom stereocenters. The highest BCUT2D eigenvalue weighted by Gasteiger charge is 2.27. The lowest BCUT2D eigenvalue weighted by molar-refractivity contribution is -0.131. The molecule has 9 nitrogen and oxygen atoms in total. The van der Waals surface area contributed by atoms with E-state index in [0.29, 0.717) is 12.4 Å². The standard InChI is InChI=1S/C28H30N8O/c1-30-15-26(37)34-11-9-20(10-12-34)25-14-23(27-28(29)31-18-32-36(25)27)21-7-8-22-17-35(33-24(22)13-21)16-19-5-3-2-4-6-19/h2-8,13-14,17-18,20,30H,9-12,15-16H2,1H3,(H2,29,31,32). The number of rotatable bonds is 6. The number of piperidine rings is 1. The second kappa shape index (κ2) is 9.67. The molecule has 0 spiro atoms. The predicted molar refractivity (Wildman–Crippen MR) is 144 cm³/mol. The van der Waals surface area contributed by atoms with Crippen LogP contribution in [-0.4, -0.2) is 61.9 Å². The first kappa shape index (κ1) is 23.2. The first-order valence-electron chi connectivity index (χ1n) is 12.7. The molecular weight excluding hydrogens is 464 g/mol. The summed E-state index contributed by atoms with van der Waals surface area (Å²) >= 11 is 0. The van der Waals surface area contributed by atoms with E-state index in [4.69, 9.17) is 10.8 Å². The van der Waals surface area contributed by atoms with Crippen molar-refractivity contribution in [3.05, 3.63) is 78.4 Å². The van der Waals surface area contributed by atoms with E-state index >= 15 is 0 Å². The predicted octanol–water partition coefficient (Wildman–Crippen LogP) is 3.30. The Bertz CT molecular complexity index is 1560. The number of benzene rings is 2. The molecule has 0 radical (unpaired) electrons. The molecule has 0 aliphatic carbocycles. The number of nitrogens with two attached hydrogens (primary N) is 1. The monoisotopic (exact) mass is 494 g/mol.